The van der Waals surface area contributed by atoms with Crippen LogP contribution in [0.1, 0.15) is 0 Å². The lowest BCUT2D eigenvalue weighted by molar-refractivity contribution is 0.557. The van der Waals surface area contributed by atoms with Gasteiger partial charge in [-0.05, 0) is 36.4 Å². The number of anilines is 2. The van der Waals surface area contributed by atoms with Crippen LogP contribution in [0.3, 0.4) is 0 Å². The second kappa shape index (κ2) is 5.46. The van der Waals surface area contributed by atoms with Gasteiger partial charge in [-0.3, -0.25) is 4.72 Å². The summed E-state index contributed by atoms with van der Waals surface area (Å²) in [7, 11) is -0.272. The molecule has 1 aromatic carbocycles. The van der Waals surface area contributed by atoms with Crippen LogP contribution in [0.25, 0.3) is 0 Å². The first-order valence-corrected chi connectivity index (χ1v) is 7.29. The van der Waals surface area contributed by atoms with Crippen LogP contribution in [0.5, 0.6) is 0 Å². The lowest BCUT2D eigenvalue weighted by Gasteiger charge is -2.13. The minimum absolute atomic E-state index is 0.348. The number of aromatic nitrogens is 1. The summed E-state index contributed by atoms with van der Waals surface area (Å²) in [4.78, 5) is 5.44. The monoisotopic (exact) mass is 295 g/mol. The number of nitrogens with one attached hydrogen (secondary N) is 1. The summed E-state index contributed by atoms with van der Waals surface area (Å²) in [6, 6.07) is 9.11. The molecule has 0 bridgehead atoms. The zero-order chi connectivity index (χ0) is 14.8. The summed E-state index contributed by atoms with van der Waals surface area (Å²) < 4.78 is 39.8. The highest BCUT2D eigenvalue weighted by Gasteiger charge is 2.20. The highest BCUT2D eigenvalue weighted by atomic mass is 32.2. The van der Waals surface area contributed by atoms with Crippen molar-refractivity contribution in [2.75, 3.05) is 23.7 Å². The van der Waals surface area contributed by atoms with Crippen LogP contribution in [0, 0.1) is 5.82 Å². The van der Waals surface area contributed by atoms with Crippen LogP contribution in [0.2, 0.25) is 0 Å². The van der Waals surface area contributed by atoms with Crippen LogP contribution in [-0.4, -0.2) is 27.5 Å². The van der Waals surface area contributed by atoms with E-state index in [0.717, 1.165) is 11.8 Å². The average molecular weight is 295 g/mol. The molecule has 20 heavy (non-hydrogen) atoms. The lowest BCUT2D eigenvalue weighted by Crippen LogP contribution is -2.16. The van der Waals surface area contributed by atoms with Gasteiger partial charge in [0.1, 0.15) is 0 Å². The Morgan fingerprint density at radius 3 is 2.35 bits per heavy atom. The van der Waals surface area contributed by atoms with Gasteiger partial charge in [-0.1, -0.05) is 0 Å². The minimum atomic E-state index is -4.03. The molecule has 2 aromatic rings. The summed E-state index contributed by atoms with van der Waals surface area (Å²) in [6.07, 6.45) is 1.23. The Hall–Kier alpha value is -2.15. The third-order valence-corrected chi connectivity index (χ3v) is 3.93. The third-order valence-electron chi connectivity index (χ3n) is 2.62. The van der Waals surface area contributed by atoms with E-state index in [1.165, 1.54) is 12.3 Å². The standard InChI is InChI=1S/C13H14FN3O2S/c1-17(2)11-7-5-10(6-8-11)16-20(18,19)13-12(14)4-3-9-15-13/h3-9,16H,1-2H3. The van der Waals surface area contributed by atoms with Crippen LogP contribution >= 0.6 is 0 Å². The largest absolute Gasteiger partial charge is 0.378 e. The van der Waals surface area contributed by atoms with Crippen LogP contribution in [0.15, 0.2) is 47.6 Å². The van der Waals surface area contributed by atoms with E-state index < -0.39 is 20.9 Å². The quantitative estimate of drug-likeness (QED) is 0.938. The highest BCUT2D eigenvalue weighted by Crippen LogP contribution is 2.19. The third kappa shape index (κ3) is 3.05. The number of sulfonamides is 1. The molecule has 1 heterocycles. The molecule has 7 heteroatoms. The number of nitrogens with zero attached hydrogens (tertiary/aromatic N) is 2. The predicted molar refractivity (Wildman–Crippen MR) is 75.8 cm³/mol. The van der Waals surface area contributed by atoms with Gasteiger partial charge in [0.2, 0.25) is 5.03 Å². The fraction of sp³-hybridized carbons (Fsp3) is 0.154. The first kappa shape index (κ1) is 14.3. The molecule has 1 aromatic heterocycles. The Bertz CT molecular complexity index is 700. The van der Waals surface area contributed by atoms with Crippen molar-refractivity contribution in [3.8, 4) is 0 Å². The molecule has 0 fully saturated rings. The fourth-order valence-corrected chi connectivity index (χ4v) is 2.67. The van der Waals surface area contributed by atoms with Crippen molar-refractivity contribution >= 4 is 21.4 Å². The van der Waals surface area contributed by atoms with Gasteiger partial charge >= 0.3 is 0 Å². The summed E-state index contributed by atoms with van der Waals surface area (Å²) in [5, 5.41) is -0.614. The number of hydrogen-bond acceptors (Lipinski definition) is 4. The summed E-state index contributed by atoms with van der Waals surface area (Å²) in [5.41, 5.74) is 1.28. The fourth-order valence-electron chi connectivity index (χ4n) is 1.60. The van der Waals surface area contributed by atoms with Gasteiger partial charge in [0.15, 0.2) is 5.82 Å². The smallest absolute Gasteiger partial charge is 0.282 e. The maximum atomic E-state index is 13.5. The normalized spacial score (nSPS) is 11.2. The zero-order valence-corrected chi connectivity index (χ0v) is 11.9. The second-order valence-corrected chi connectivity index (χ2v) is 5.93. The van der Waals surface area contributed by atoms with Crippen molar-refractivity contribution in [3.05, 3.63) is 48.4 Å². The van der Waals surface area contributed by atoms with Crippen molar-refractivity contribution in [1.29, 1.82) is 0 Å². The van der Waals surface area contributed by atoms with E-state index in [0.29, 0.717) is 5.69 Å². The molecular formula is C13H14FN3O2S. The van der Waals surface area contributed by atoms with Crippen molar-refractivity contribution in [3.63, 3.8) is 0 Å². The van der Waals surface area contributed by atoms with Crippen molar-refractivity contribution < 1.29 is 12.8 Å². The predicted octanol–water partition coefficient (Wildman–Crippen LogP) is 2.09. The first-order chi connectivity index (χ1) is 9.40. The van der Waals surface area contributed by atoms with E-state index in [1.807, 2.05) is 19.0 Å². The van der Waals surface area contributed by atoms with Crippen LogP contribution in [0.4, 0.5) is 15.8 Å². The van der Waals surface area contributed by atoms with Gasteiger partial charge in [0.05, 0.1) is 0 Å². The van der Waals surface area contributed by atoms with Crippen molar-refractivity contribution in [1.82, 2.24) is 4.98 Å². The molecule has 0 radical (unpaired) electrons. The molecule has 0 aliphatic heterocycles. The van der Waals surface area contributed by atoms with Gasteiger partial charge in [-0.15, -0.1) is 0 Å². The van der Waals surface area contributed by atoms with Gasteiger partial charge in [0.25, 0.3) is 10.0 Å². The number of rotatable bonds is 4. The van der Waals surface area contributed by atoms with Gasteiger partial charge in [-0.25, -0.2) is 9.37 Å². The Balaban J connectivity index is 2.27. The molecule has 0 aliphatic carbocycles. The van der Waals surface area contributed by atoms with Crippen LogP contribution in [-0.2, 0) is 10.0 Å². The lowest BCUT2D eigenvalue weighted by atomic mass is 10.3. The van der Waals surface area contributed by atoms with E-state index in [-0.39, 0.29) is 0 Å². The molecule has 0 spiro atoms. The Labute approximate surface area is 117 Å². The summed E-state index contributed by atoms with van der Waals surface area (Å²) >= 11 is 0. The molecule has 0 saturated carbocycles. The SMILES string of the molecule is CN(C)c1ccc(NS(=O)(=O)c2ncccc2F)cc1. The minimum Gasteiger partial charge on any atom is -0.378 e. The molecule has 5 nitrogen and oxygen atoms in total. The summed E-state index contributed by atoms with van der Waals surface area (Å²) in [6.45, 7) is 0. The van der Waals surface area contributed by atoms with E-state index in [4.69, 9.17) is 0 Å². The molecule has 1 N–H and O–H groups in total. The number of halogens is 1. The molecular weight excluding hydrogens is 281 g/mol. The molecule has 2 rings (SSSR count). The molecule has 0 atom stereocenters. The molecule has 0 unspecified atom stereocenters. The molecule has 0 amide bonds. The van der Waals surface area contributed by atoms with Gasteiger partial charge in [0, 0.05) is 31.7 Å². The molecule has 0 saturated heterocycles. The maximum Gasteiger partial charge on any atom is 0.282 e. The highest BCUT2D eigenvalue weighted by molar-refractivity contribution is 7.92. The molecule has 0 aliphatic rings. The average Bonchev–Trinajstić information content (AvgIpc) is 2.39. The van der Waals surface area contributed by atoms with Gasteiger partial charge in [-0.2, -0.15) is 8.42 Å². The Morgan fingerprint density at radius 1 is 1.15 bits per heavy atom. The summed E-state index contributed by atoms with van der Waals surface area (Å²) in [5.74, 6) is -0.884. The van der Waals surface area contributed by atoms with E-state index >= 15 is 0 Å². The van der Waals surface area contributed by atoms with Crippen molar-refractivity contribution in [2.24, 2.45) is 0 Å². The zero-order valence-electron chi connectivity index (χ0n) is 11.0. The van der Waals surface area contributed by atoms with Crippen LogP contribution < -0.4 is 9.62 Å². The Morgan fingerprint density at radius 2 is 1.80 bits per heavy atom. The van der Waals surface area contributed by atoms with E-state index in [1.54, 1.807) is 24.3 Å². The van der Waals surface area contributed by atoms with E-state index in [9.17, 15) is 12.8 Å². The van der Waals surface area contributed by atoms with Gasteiger partial charge < -0.3 is 4.90 Å². The molecule has 106 valence electrons. The Kier molecular flexibility index (Phi) is 3.89. The number of benzene rings is 1. The van der Waals surface area contributed by atoms with Crippen molar-refractivity contribution in [2.45, 2.75) is 5.03 Å². The van der Waals surface area contributed by atoms with E-state index in [2.05, 4.69) is 9.71 Å². The maximum absolute atomic E-state index is 13.5. The number of hydrogen-bond donors (Lipinski definition) is 1. The number of pyridine rings is 1. The topological polar surface area (TPSA) is 62.3 Å². The first-order valence-electron chi connectivity index (χ1n) is 5.81. The second-order valence-electron chi connectivity index (χ2n) is 4.34.